The van der Waals surface area contributed by atoms with Crippen LogP contribution in [0.5, 0.6) is 0 Å². The van der Waals surface area contributed by atoms with Crippen molar-refractivity contribution in [3.63, 3.8) is 0 Å². The summed E-state index contributed by atoms with van der Waals surface area (Å²) >= 11 is 0.963. The number of imide groups is 1. The van der Waals surface area contributed by atoms with Gasteiger partial charge in [-0.1, -0.05) is 51.6 Å². The minimum atomic E-state index is -4.52. The largest absolute Gasteiger partial charge is 0.417 e. The maximum atomic E-state index is 14.4. The maximum absolute atomic E-state index is 14.4. The number of carbonyl (C=O) groups excluding carboxylic acids is 2. The second kappa shape index (κ2) is 8.57. The van der Waals surface area contributed by atoms with E-state index in [0.717, 1.165) is 35.7 Å². The Morgan fingerprint density at radius 2 is 1.54 bits per heavy atom. The highest BCUT2D eigenvalue weighted by Crippen LogP contribution is 2.51. The molecular weight excluding hydrogens is 473 g/mol. The third kappa shape index (κ3) is 4.69. The molecule has 1 saturated heterocycles. The van der Waals surface area contributed by atoms with Gasteiger partial charge < -0.3 is 4.90 Å². The number of halogens is 3. The predicted molar refractivity (Wildman–Crippen MR) is 135 cm³/mol. The number of nitrogens with zero attached hydrogens (tertiary/aromatic N) is 2. The molecule has 0 radical (unpaired) electrons. The average Bonchev–Trinajstić information content (AvgIpc) is 3.07. The lowest BCUT2D eigenvalue weighted by Crippen LogP contribution is -2.34. The maximum Gasteiger partial charge on any atom is 0.417 e. The van der Waals surface area contributed by atoms with E-state index in [9.17, 15) is 22.8 Å². The van der Waals surface area contributed by atoms with Crippen molar-refractivity contribution >= 4 is 28.6 Å². The summed E-state index contributed by atoms with van der Waals surface area (Å²) in [6.07, 6.45) is -2.80. The molecule has 4 rings (SSSR count). The number of carbonyl (C=O) groups is 2. The molecule has 0 saturated carbocycles. The van der Waals surface area contributed by atoms with Crippen LogP contribution < -0.4 is 4.90 Å². The van der Waals surface area contributed by atoms with Crippen LogP contribution in [0.3, 0.4) is 0 Å². The van der Waals surface area contributed by atoms with Crippen LogP contribution in [0.4, 0.5) is 23.7 Å². The predicted octanol–water partition coefficient (Wildman–Crippen LogP) is 6.98. The molecule has 2 aliphatic rings. The Hall–Kier alpha value is -2.48. The van der Waals surface area contributed by atoms with Crippen molar-refractivity contribution in [1.29, 1.82) is 0 Å². The fourth-order valence-electron chi connectivity index (χ4n) is 5.06. The number of amides is 2. The molecule has 4 nitrogen and oxygen atoms in total. The fraction of sp³-hybridized carbons (Fsp3) is 0.481. The average molecular weight is 505 g/mol. The SMILES string of the molecule is CN(C)c1cc(CN2C(=O)CSC2=O)ccc1-c1cc2c(cc1C(F)(F)F)C(C)(C)CCC2(C)C. The van der Waals surface area contributed by atoms with Crippen LogP contribution in [0, 0.1) is 0 Å². The van der Waals surface area contributed by atoms with Gasteiger partial charge in [-0.15, -0.1) is 0 Å². The Morgan fingerprint density at radius 1 is 0.943 bits per heavy atom. The molecule has 1 aliphatic carbocycles. The number of thioether (sulfide) groups is 1. The molecule has 0 atom stereocenters. The lowest BCUT2D eigenvalue weighted by atomic mass is 9.62. The van der Waals surface area contributed by atoms with Gasteiger partial charge in [-0.3, -0.25) is 14.5 Å². The van der Waals surface area contributed by atoms with Crippen molar-refractivity contribution in [2.75, 3.05) is 24.7 Å². The summed E-state index contributed by atoms with van der Waals surface area (Å²) in [5.41, 5.74) is 2.41. The number of hydrogen-bond acceptors (Lipinski definition) is 4. The van der Waals surface area contributed by atoms with E-state index in [0.29, 0.717) is 16.8 Å². The molecule has 0 bridgehead atoms. The molecule has 0 spiro atoms. The molecule has 8 heteroatoms. The van der Waals surface area contributed by atoms with Gasteiger partial charge in [-0.25, -0.2) is 0 Å². The van der Waals surface area contributed by atoms with Crippen molar-refractivity contribution < 1.29 is 22.8 Å². The summed E-state index contributed by atoms with van der Waals surface area (Å²) in [6, 6.07) is 8.26. The molecule has 1 fully saturated rings. The Morgan fingerprint density at radius 3 is 2.06 bits per heavy atom. The first kappa shape index (κ1) is 25.6. The summed E-state index contributed by atoms with van der Waals surface area (Å²) < 4.78 is 43.3. The number of hydrogen-bond donors (Lipinski definition) is 0. The van der Waals surface area contributed by atoms with E-state index < -0.39 is 11.7 Å². The van der Waals surface area contributed by atoms with Crippen molar-refractivity contribution in [3.05, 3.63) is 52.6 Å². The quantitative estimate of drug-likeness (QED) is 0.450. The molecule has 2 amide bonds. The number of rotatable bonds is 4. The van der Waals surface area contributed by atoms with E-state index >= 15 is 0 Å². The second-order valence-corrected chi connectivity index (χ2v) is 11.9. The number of anilines is 1. The van der Waals surface area contributed by atoms with Crippen molar-refractivity contribution in [3.8, 4) is 11.1 Å². The normalized spacial score (nSPS) is 19.2. The summed E-state index contributed by atoms with van der Waals surface area (Å²) in [4.78, 5) is 27.0. The highest BCUT2D eigenvalue weighted by Gasteiger charge is 2.42. The van der Waals surface area contributed by atoms with Gasteiger partial charge in [0.2, 0.25) is 5.91 Å². The molecule has 0 unspecified atom stereocenters. The van der Waals surface area contributed by atoms with Gasteiger partial charge in [-0.05, 0) is 64.1 Å². The minimum Gasteiger partial charge on any atom is -0.377 e. The highest BCUT2D eigenvalue weighted by molar-refractivity contribution is 8.14. The summed E-state index contributed by atoms with van der Waals surface area (Å²) in [7, 11) is 3.56. The van der Waals surface area contributed by atoms with E-state index in [1.165, 1.54) is 11.0 Å². The van der Waals surface area contributed by atoms with Gasteiger partial charge in [0.25, 0.3) is 5.24 Å². The first-order valence-corrected chi connectivity index (χ1v) is 12.6. The lowest BCUT2D eigenvalue weighted by molar-refractivity contribution is -0.137. The van der Waals surface area contributed by atoms with Gasteiger partial charge in [-0.2, -0.15) is 13.2 Å². The van der Waals surface area contributed by atoms with Gasteiger partial charge in [0.05, 0.1) is 17.9 Å². The van der Waals surface area contributed by atoms with Crippen LogP contribution in [0.2, 0.25) is 0 Å². The highest BCUT2D eigenvalue weighted by atomic mass is 32.2. The fourth-order valence-corrected chi connectivity index (χ4v) is 5.79. The minimum absolute atomic E-state index is 0.101. The van der Waals surface area contributed by atoms with Crippen molar-refractivity contribution in [2.24, 2.45) is 0 Å². The number of benzene rings is 2. The monoisotopic (exact) mass is 504 g/mol. The molecule has 0 N–H and O–H groups in total. The van der Waals surface area contributed by atoms with E-state index in [2.05, 4.69) is 13.8 Å². The molecule has 0 aromatic heterocycles. The van der Waals surface area contributed by atoms with E-state index in [1.54, 1.807) is 43.3 Å². The van der Waals surface area contributed by atoms with Crippen LogP contribution in [-0.4, -0.2) is 35.9 Å². The van der Waals surface area contributed by atoms with Crippen molar-refractivity contribution in [2.45, 2.75) is 64.1 Å². The third-order valence-electron chi connectivity index (χ3n) is 7.31. The van der Waals surface area contributed by atoms with Crippen LogP contribution in [0.1, 0.15) is 62.8 Å². The van der Waals surface area contributed by atoms with Crippen LogP contribution in [0.25, 0.3) is 11.1 Å². The topological polar surface area (TPSA) is 40.6 Å². The van der Waals surface area contributed by atoms with Gasteiger partial charge >= 0.3 is 6.18 Å². The van der Waals surface area contributed by atoms with Gasteiger partial charge in [0, 0.05) is 25.3 Å². The van der Waals surface area contributed by atoms with Gasteiger partial charge in [0.1, 0.15) is 0 Å². The molecular formula is C27H31F3N2O2S. The molecule has 1 heterocycles. The lowest BCUT2D eigenvalue weighted by Gasteiger charge is -2.42. The molecule has 2 aromatic rings. The standard InChI is InChI=1S/C27H31F3N2O2S/c1-25(2)9-10-26(3,4)21-13-19(27(28,29)30)18(12-20(21)25)17-8-7-16(11-22(17)31(5)6)14-32-23(33)15-35-24(32)34/h7-8,11-13H,9-10,14-15H2,1-6H3. The van der Waals surface area contributed by atoms with Crippen LogP contribution in [-0.2, 0) is 28.3 Å². The Balaban J connectivity index is 1.90. The number of fused-ring (bicyclic) bond motifs is 1. The first-order chi connectivity index (χ1) is 16.1. The first-order valence-electron chi connectivity index (χ1n) is 11.7. The zero-order valence-corrected chi connectivity index (χ0v) is 21.8. The van der Waals surface area contributed by atoms with Crippen LogP contribution in [0.15, 0.2) is 30.3 Å². The zero-order chi connectivity index (χ0) is 25.9. The molecule has 35 heavy (non-hydrogen) atoms. The zero-order valence-electron chi connectivity index (χ0n) is 21.0. The molecule has 1 aliphatic heterocycles. The second-order valence-electron chi connectivity index (χ2n) is 11.0. The summed E-state index contributed by atoms with van der Waals surface area (Å²) in [6.45, 7) is 8.32. The molecule has 2 aromatic carbocycles. The van der Waals surface area contributed by atoms with E-state index in [-0.39, 0.29) is 39.8 Å². The Labute approximate surface area is 208 Å². The third-order valence-corrected chi connectivity index (χ3v) is 8.17. The smallest absolute Gasteiger partial charge is 0.377 e. The summed E-state index contributed by atoms with van der Waals surface area (Å²) in [5.74, 6) is -0.137. The van der Waals surface area contributed by atoms with Crippen LogP contribution >= 0.6 is 11.8 Å². The molecule has 188 valence electrons. The van der Waals surface area contributed by atoms with E-state index in [4.69, 9.17) is 0 Å². The Kier molecular flexibility index (Phi) is 6.27. The van der Waals surface area contributed by atoms with E-state index in [1.807, 2.05) is 13.8 Å². The van der Waals surface area contributed by atoms with Gasteiger partial charge in [0.15, 0.2) is 0 Å². The Bertz CT molecular complexity index is 1190. The number of alkyl halides is 3. The van der Waals surface area contributed by atoms with Crippen molar-refractivity contribution in [1.82, 2.24) is 4.90 Å². The summed E-state index contributed by atoms with van der Waals surface area (Å²) in [5, 5.41) is -0.302.